The zero-order valence-electron chi connectivity index (χ0n) is 16.4. The van der Waals surface area contributed by atoms with Crippen molar-refractivity contribution in [2.75, 3.05) is 13.1 Å². The van der Waals surface area contributed by atoms with E-state index in [-0.39, 0.29) is 11.8 Å². The highest BCUT2D eigenvalue weighted by Crippen LogP contribution is 2.29. The Labute approximate surface area is 161 Å². The van der Waals surface area contributed by atoms with Gasteiger partial charge in [0.1, 0.15) is 0 Å². The number of aromatic carboxylic acids is 1. The SMILES string of the molecule is C=CC(C)(O)CCCC(C)C(=O)N1CCC(c2ccc(C(=O)O)cc2)CC1. The van der Waals surface area contributed by atoms with Crippen molar-refractivity contribution < 1.29 is 19.8 Å². The summed E-state index contributed by atoms with van der Waals surface area (Å²) in [4.78, 5) is 25.6. The van der Waals surface area contributed by atoms with E-state index in [9.17, 15) is 14.7 Å². The van der Waals surface area contributed by atoms with Gasteiger partial charge >= 0.3 is 5.97 Å². The minimum atomic E-state index is -0.912. The zero-order valence-corrected chi connectivity index (χ0v) is 16.4. The highest BCUT2D eigenvalue weighted by atomic mass is 16.4. The summed E-state index contributed by atoms with van der Waals surface area (Å²) < 4.78 is 0. The predicted octanol–water partition coefficient (Wildman–Crippen LogP) is 3.83. The summed E-state index contributed by atoms with van der Waals surface area (Å²) in [6, 6.07) is 7.07. The molecular weight excluding hydrogens is 342 g/mol. The van der Waals surface area contributed by atoms with Crippen molar-refractivity contribution in [2.45, 2.75) is 57.5 Å². The summed E-state index contributed by atoms with van der Waals surface area (Å²) in [5, 5.41) is 19.0. The maximum atomic E-state index is 12.7. The van der Waals surface area contributed by atoms with Gasteiger partial charge in [-0.1, -0.05) is 25.1 Å². The third-order valence-electron chi connectivity index (χ3n) is 5.62. The van der Waals surface area contributed by atoms with Crippen molar-refractivity contribution in [3.63, 3.8) is 0 Å². The third kappa shape index (κ3) is 5.93. The van der Waals surface area contributed by atoms with Crippen LogP contribution in [0.2, 0.25) is 0 Å². The van der Waals surface area contributed by atoms with E-state index in [1.165, 1.54) is 0 Å². The first-order chi connectivity index (χ1) is 12.7. The largest absolute Gasteiger partial charge is 0.478 e. The fourth-order valence-electron chi connectivity index (χ4n) is 3.63. The molecule has 27 heavy (non-hydrogen) atoms. The number of likely N-dealkylation sites (tertiary alicyclic amines) is 1. The number of rotatable bonds is 8. The molecule has 0 saturated carbocycles. The van der Waals surface area contributed by atoms with E-state index < -0.39 is 11.6 Å². The normalized spacial score (nSPS) is 18.6. The zero-order chi connectivity index (χ0) is 20.0. The molecule has 0 spiro atoms. The molecule has 1 aliphatic heterocycles. The van der Waals surface area contributed by atoms with Crippen molar-refractivity contribution in [3.05, 3.63) is 48.0 Å². The Balaban J connectivity index is 1.81. The lowest BCUT2D eigenvalue weighted by molar-refractivity contribution is -0.136. The second-order valence-corrected chi connectivity index (χ2v) is 7.88. The van der Waals surface area contributed by atoms with Gasteiger partial charge in [0.2, 0.25) is 5.91 Å². The highest BCUT2D eigenvalue weighted by Gasteiger charge is 2.27. The van der Waals surface area contributed by atoms with Crippen LogP contribution in [-0.4, -0.2) is 45.7 Å². The average molecular weight is 373 g/mol. The van der Waals surface area contributed by atoms with Gasteiger partial charge in [0.15, 0.2) is 0 Å². The molecule has 1 saturated heterocycles. The van der Waals surface area contributed by atoms with Crippen molar-refractivity contribution in [2.24, 2.45) is 5.92 Å². The number of carbonyl (C=O) groups is 2. The molecule has 0 aromatic heterocycles. The lowest BCUT2D eigenvalue weighted by atomic mass is 9.88. The number of carbonyl (C=O) groups excluding carboxylic acids is 1. The van der Waals surface area contributed by atoms with E-state index in [2.05, 4.69) is 6.58 Å². The molecule has 1 aromatic carbocycles. The van der Waals surface area contributed by atoms with Crippen LogP contribution in [0.5, 0.6) is 0 Å². The predicted molar refractivity (Wildman–Crippen MR) is 106 cm³/mol. The first kappa shape index (κ1) is 21.2. The van der Waals surface area contributed by atoms with E-state index in [4.69, 9.17) is 5.11 Å². The smallest absolute Gasteiger partial charge is 0.335 e. The van der Waals surface area contributed by atoms with Crippen molar-refractivity contribution >= 4 is 11.9 Å². The van der Waals surface area contributed by atoms with Gasteiger partial charge in [0, 0.05) is 19.0 Å². The molecular formula is C22H31NO4. The maximum Gasteiger partial charge on any atom is 0.335 e. The highest BCUT2D eigenvalue weighted by molar-refractivity contribution is 5.87. The van der Waals surface area contributed by atoms with Crippen molar-refractivity contribution in [3.8, 4) is 0 Å². The molecule has 2 rings (SSSR count). The minimum absolute atomic E-state index is 0.0444. The number of piperidine rings is 1. The first-order valence-electron chi connectivity index (χ1n) is 9.71. The molecule has 1 heterocycles. The van der Waals surface area contributed by atoms with E-state index in [1.807, 2.05) is 24.0 Å². The van der Waals surface area contributed by atoms with E-state index >= 15 is 0 Å². The monoisotopic (exact) mass is 373 g/mol. The number of carboxylic acids is 1. The Kier molecular flexibility index (Phi) is 7.19. The van der Waals surface area contributed by atoms with Crippen LogP contribution in [0.25, 0.3) is 0 Å². The molecule has 5 nitrogen and oxygen atoms in total. The van der Waals surface area contributed by atoms with Gasteiger partial charge in [-0.15, -0.1) is 6.58 Å². The van der Waals surface area contributed by atoms with E-state index in [0.29, 0.717) is 17.9 Å². The van der Waals surface area contributed by atoms with Crippen LogP contribution in [-0.2, 0) is 4.79 Å². The number of aliphatic hydroxyl groups is 1. The summed E-state index contributed by atoms with van der Waals surface area (Å²) in [6.07, 6.45) is 5.51. The molecule has 0 bridgehead atoms. The molecule has 2 N–H and O–H groups in total. The van der Waals surface area contributed by atoms with Crippen LogP contribution in [0.1, 0.15) is 67.8 Å². The lowest BCUT2D eigenvalue weighted by Crippen LogP contribution is -2.40. The summed E-state index contributed by atoms with van der Waals surface area (Å²) in [5.41, 5.74) is 0.583. The van der Waals surface area contributed by atoms with Gasteiger partial charge in [-0.05, 0) is 62.6 Å². The van der Waals surface area contributed by atoms with Crippen LogP contribution in [0, 0.1) is 5.92 Å². The molecule has 0 aliphatic carbocycles. The number of hydrogen-bond donors (Lipinski definition) is 2. The second kappa shape index (κ2) is 9.18. The number of nitrogens with zero attached hydrogens (tertiary/aromatic N) is 1. The molecule has 1 aromatic rings. The standard InChI is InChI=1S/C22H31NO4/c1-4-22(3,27)13-5-6-16(2)20(24)23-14-11-18(12-15-23)17-7-9-19(10-8-17)21(25)26/h4,7-10,16,18,27H,1,5-6,11-15H2,2-3H3,(H,25,26). The first-order valence-corrected chi connectivity index (χ1v) is 9.71. The van der Waals surface area contributed by atoms with Gasteiger partial charge in [-0.3, -0.25) is 4.79 Å². The van der Waals surface area contributed by atoms with Gasteiger partial charge in [0.25, 0.3) is 0 Å². The van der Waals surface area contributed by atoms with E-state index in [0.717, 1.165) is 44.3 Å². The van der Waals surface area contributed by atoms with Gasteiger partial charge in [-0.2, -0.15) is 0 Å². The van der Waals surface area contributed by atoms with Gasteiger partial charge < -0.3 is 15.1 Å². The molecule has 5 heteroatoms. The van der Waals surface area contributed by atoms with Crippen molar-refractivity contribution in [1.82, 2.24) is 4.90 Å². The Morgan fingerprint density at radius 1 is 1.30 bits per heavy atom. The van der Waals surface area contributed by atoms with Crippen LogP contribution >= 0.6 is 0 Å². The van der Waals surface area contributed by atoms with Gasteiger partial charge in [0.05, 0.1) is 11.2 Å². The van der Waals surface area contributed by atoms with Crippen LogP contribution in [0.4, 0.5) is 0 Å². The number of benzene rings is 1. The summed E-state index contributed by atoms with van der Waals surface area (Å²) in [6.45, 7) is 8.80. The Morgan fingerprint density at radius 2 is 1.89 bits per heavy atom. The Morgan fingerprint density at radius 3 is 2.41 bits per heavy atom. The number of carboxylic acid groups (broad SMARTS) is 1. The molecule has 0 radical (unpaired) electrons. The minimum Gasteiger partial charge on any atom is -0.478 e. The Bertz CT molecular complexity index is 657. The van der Waals surface area contributed by atoms with Crippen LogP contribution < -0.4 is 0 Å². The van der Waals surface area contributed by atoms with Crippen LogP contribution in [0.15, 0.2) is 36.9 Å². The fraction of sp³-hybridized carbons (Fsp3) is 0.545. The lowest BCUT2D eigenvalue weighted by Gasteiger charge is -2.34. The topological polar surface area (TPSA) is 77.8 Å². The number of amides is 1. The van der Waals surface area contributed by atoms with E-state index in [1.54, 1.807) is 25.1 Å². The molecule has 1 fully saturated rings. The molecule has 1 amide bonds. The maximum absolute atomic E-state index is 12.7. The Hall–Kier alpha value is -2.14. The van der Waals surface area contributed by atoms with Gasteiger partial charge in [-0.25, -0.2) is 4.79 Å². The average Bonchev–Trinajstić information content (AvgIpc) is 2.67. The molecule has 2 unspecified atom stereocenters. The second-order valence-electron chi connectivity index (χ2n) is 7.88. The molecule has 1 aliphatic rings. The molecule has 2 atom stereocenters. The molecule has 148 valence electrons. The summed E-state index contributed by atoms with van der Waals surface area (Å²) in [5.74, 6) is -0.398. The quantitative estimate of drug-likeness (QED) is 0.679. The summed E-state index contributed by atoms with van der Waals surface area (Å²) >= 11 is 0. The third-order valence-corrected chi connectivity index (χ3v) is 5.62. The number of hydrogen-bond acceptors (Lipinski definition) is 3. The van der Waals surface area contributed by atoms with Crippen LogP contribution in [0.3, 0.4) is 0 Å². The van der Waals surface area contributed by atoms with Crippen molar-refractivity contribution in [1.29, 1.82) is 0 Å². The fourth-order valence-corrected chi connectivity index (χ4v) is 3.63. The summed E-state index contributed by atoms with van der Waals surface area (Å²) in [7, 11) is 0.